The molecule has 0 radical (unpaired) electrons. The minimum Gasteiger partial charge on any atom is -0.351 e. The van der Waals surface area contributed by atoms with Crippen molar-refractivity contribution in [3.05, 3.63) is 46.5 Å². The highest BCUT2D eigenvalue weighted by atomic mass is 79.9. The number of nitro benzene ring substituents is 1. The lowest BCUT2D eigenvalue weighted by Gasteiger charge is -2.31. The number of aromatic nitrogens is 2. The number of anilines is 1. The van der Waals surface area contributed by atoms with Crippen molar-refractivity contribution in [1.29, 1.82) is 0 Å². The van der Waals surface area contributed by atoms with Crippen molar-refractivity contribution in [3.8, 4) is 11.3 Å². The zero-order valence-electron chi connectivity index (χ0n) is 13.7. The van der Waals surface area contributed by atoms with E-state index in [-0.39, 0.29) is 22.7 Å². The van der Waals surface area contributed by atoms with Crippen LogP contribution in [-0.4, -0.2) is 52.2 Å². The summed E-state index contributed by atoms with van der Waals surface area (Å²) < 4.78 is 0. The highest BCUT2D eigenvalue weighted by molar-refractivity contribution is 8.93. The molecule has 0 amide bonds. The topological polar surface area (TPSA) is 75.4 Å². The van der Waals surface area contributed by atoms with Gasteiger partial charge in [-0.15, -0.1) is 27.2 Å². The first-order valence-electron chi connectivity index (χ1n) is 8.28. The van der Waals surface area contributed by atoms with E-state index in [0.29, 0.717) is 17.3 Å². The van der Waals surface area contributed by atoms with Crippen LogP contribution >= 0.6 is 17.0 Å². The fourth-order valence-electron chi connectivity index (χ4n) is 3.60. The molecular formula is C17H20BrN5O2. The van der Waals surface area contributed by atoms with E-state index in [2.05, 4.69) is 20.0 Å². The monoisotopic (exact) mass is 405 g/mol. The quantitative estimate of drug-likeness (QED) is 0.577. The average Bonchev–Trinajstić information content (AvgIpc) is 2.96. The zero-order chi connectivity index (χ0) is 16.5. The number of rotatable bonds is 3. The molecule has 3 fully saturated rings. The van der Waals surface area contributed by atoms with E-state index >= 15 is 0 Å². The van der Waals surface area contributed by atoms with Crippen molar-refractivity contribution in [2.45, 2.75) is 18.9 Å². The van der Waals surface area contributed by atoms with Crippen LogP contribution in [-0.2, 0) is 0 Å². The number of hydrogen-bond acceptors (Lipinski definition) is 6. The van der Waals surface area contributed by atoms with Gasteiger partial charge < -0.3 is 9.80 Å². The summed E-state index contributed by atoms with van der Waals surface area (Å²) in [4.78, 5) is 15.4. The van der Waals surface area contributed by atoms with Crippen molar-refractivity contribution >= 4 is 28.5 Å². The van der Waals surface area contributed by atoms with Gasteiger partial charge in [-0.1, -0.05) is 12.1 Å². The molecule has 2 bridgehead atoms. The molecule has 25 heavy (non-hydrogen) atoms. The maximum atomic E-state index is 10.9. The number of halogens is 1. The standard InChI is InChI=1S/C17H19N5O2.BrH/c23-22(24)15-3-1-2-13(12-15)16-4-5-17(19-18-16)21-11-10-20-8-6-14(21)7-9-20;/h1-5,12,14H,6-11H2;1H. The highest BCUT2D eigenvalue weighted by Crippen LogP contribution is 2.27. The van der Waals surface area contributed by atoms with Crippen LogP contribution in [0.3, 0.4) is 0 Å². The Morgan fingerprint density at radius 3 is 2.52 bits per heavy atom. The van der Waals surface area contributed by atoms with Gasteiger partial charge in [0, 0.05) is 49.9 Å². The van der Waals surface area contributed by atoms with Crippen LogP contribution in [0.15, 0.2) is 36.4 Å². The summed E-state index contributed by atoms with van der Waals surface area (Å²) in [5.41, 5.74) is 1.44. The van der Waals surface area contributed by atoms with Crippen molar-refractivity contribution in [2.24, 2.45) is 0 Å². The number of benzene rings is 1. The maximum absolute atomic E-state index is 10.9. The van der Waals surface area contributed by atoms with Crippen LogP contribution in [0.5, 0.6) is 0 Å². The molecule has 0 spiro atoms. The van der Waals surface area contributed by atoms with Gasteiger partial charge in [0.2, 0.25) is 0 Å². The Kier molecular flexibility index (Phi) is 5.29. The van der Waals surface area contributed by atoms with Crippen molar-refractivity contribution < 1.29 is 4.92 Å². The van der Waals surface area contributed by atoms with Crippen LogP contribution in [0.25, 0.3) is 11.3 Å². The van der Waals surface area contributed by atoms with Crippen LogP contribution in [0, 0.1) is 10.1 Å². The Morgan fingerprint density at radius 2 is 1.84 bits per heavy atom. The SMILES string of the molecule is Br.O=[N+]([O-])c1cccc(-c2ccc(N3CCN4CCC3CC4)nn2)c1. The molecule has 0 N–H and O–H groups in total. The smallest absolute Gasteiger partial charge is 0.270 e. The second-order valence-electron chi connectivity index (χ2n) is 6.35. The molecule has 132 valence electrons. The van der Waals surface area contributed by atoms with Gasteiger partial charge in [-0.2, -0.15) is 0 Å². The number of nitro groups is 1. The fourth-order valence-corrected chi connectivity index (χ4v) is 3.60. The van der Waals surface area contributed by atoms with E-state index in [1.54, 1.807) is 6.07 Å². The number of nitrogens with zero attached hydrogens (tertiary/aromatic N) is 5. The fraction of sp³-hybridized carbons (Fsp3) is 0.412. The molecule has 2 aromatic rings. The Labute approximate surface area is 156 Å². The number of non-ortho nitro benzene ring substituents is 1. The van der Waals surface area contributed by atoms with Crippen molar-refractivity contribution in [3.63, 3.8) is 0 Å². The molecule has 0 saturated carbocycles. The first-order chi connectivity index (χ1) is 11.7. The van der Waals surface area contributed by atoms with Crippen LogP contribution in [0.4, 0.5) is 11.5 Å². The number of fused-ring (bicyclic) bond motifs is 4. The molecule has 0 atom stereocenters. The van der Waals surface area contributed by atoms with Crippen LogP contribution < -0.4 is 4.90 Å². The molecule has 7 nitrogen and oxygen atoms in total. The Bertz CT molecular complexity index is 747. The van der Waals surface area contributed by atoms with E-state index in [0.717, 1.165) is 18.9 Å². The van der Waals surface area contributed by atoms with E-state index in [9.17, 15) is 10.1 Å². The molecule has 5 rings (SSSR count). The van der Waals surface area contributed by atoms with E-state index in [4.69, 9.17) is 0 Å². The van der Waals surface area contributed by atoms with Gasteiger partial charge >= 0.3 is 0 Å². The molecular weight excluding hydrogens is 386 g/mol. The van der Waals surface area contributed by atoms with Crippen molar-refractivity contribution in [1.82, 2.24) is 15.1 Å². The van der Waals surface area contributed by atoms with Gasteiger partial charge in [0.05, 0.1) is 10.6 Å². The summed E-state index contributed by atoms with van der Waals surface area (Å²) in [5, 5.41) is 19.6. The van der Waals surface area contributed by atoms with Gasteiger partial charge in [-0.3, -0.25) is 10.1 Å². The molecule has 1 aromatic carbocycles. The Hall–Kier alpha value is -2.06. The van der Waals surface area contributed by atoms with Gasteiger partial charge in [0.15, 0.2) is 5.82 Å². The second kappa shape index (κ2) is 7.45. The van der Waals surface area contributed by atoms with E-state index in [1.807, 2.05) is 18.2 Å². The van der Waals surface area contributed by atoms with Gasteiger partial charge in [-0.25, -0.2) is 0 Å². The third-order valence-electron chi connectivity index (χ3n) is 4.95. The molecule has 3 aliphatic heterocycles. The second-order valence-corrected chi connectivity index (χ2v) is 6.35. The van der Waals surface area contributed by atoms with Gasteiger partial charge in [-0.05, 0) is 25.0 Å². The average molecular weight is 406 g/mol. The molecule has 0 aliphatic carbocycles. The van der Waals surface area contributed by atoms with E-state index in [1.165, 1.54) is 38.1 Å². The first kappa shape index (κ1) is 17.8. The molecule has 1 aromatic heterocycles. The summed E-state index contributed by atoms with van der Waals surface area (Å²) in [5.74, 6) is 0.901. The predicted molar refractivity (Wildman–Crippen MR) is 101 cm³/mol. The Morgan fingerprint density at radius 1 is 1.04 bits per heavy atom. The summed E-state index contributed by atoms with van der Waals surface area (Å²) >= 11 is 0. The third kappa shape index (κ3) is 3.64. The summed E-state index contributed by atoms with van der Waals surface area (Å²) in [6.45, 7) is 4.39. The molecule has 0 unspecified atom stereocenters. The lowest BCUT2D eigenvalue weighted by atomic mass is 10.1. The van der Waals surface area contributed by atoms with E-state index < -0.39 is 4.92 Å². The summed E-state index contributed by atoms with van der Waals surface area (Å²) in [6.07, 6.45) is 2.35. The van der Waals surface area contributed by atoms with Gasteiger partial charge in [0.25, 0.3) is 5.69 Å². The summed E-state index contributed by atoms with van der Waals surface area (Å²) in [7, 11) is 0. The first-order valence-corrected chi connectivity index (χ1v) is 8.28. The molecule has 4 heterocycles. The normalized spacial score (nSPS) is 22.2. The maximum Gasteiger partial charge on any atom is 0.270 e. The zero-order valence-corrected chi connectivity index (χ0v) is 15.5. The Balaban J connectivity index is 0.00000182. The van der Waals surface area contributed by atoms with Gasteiger partial charge in [0.1, 0.15) is 0 Å². The van der Waals surface area contributed by atoms with Crippen LogP contribution in [0.1, 0.15) is 12.8 Å². The number of piperidine rings is 1. The molecule has 3 saturated heterocycles. The third-order valence-corrected chi connectivity index (χ3v) is 4.95. The lowest BCUT2D eigenvalue weighted by Crippen LogP contribution is -2.38. The molecule has 3 aliphatic rings. The van der Waals surface area contributed by atoms with Crippen LogP contribution in [0.2, 0.25) is 0 Å². The minimum atomic E-state index is -0.394. The highest BCUT2D eigenvalue weighted by Gasteiger charge is 2.29. The van der Waals surface area contributed by atoms with Crippen molar-refractivity contribution in [2.75, 3.05) is 31.1 Å². The number of hydrogen-bond donors (Lipinski definition) is 0. The summed E-state index contributed by atoms with van der Waals surface area (Å²) in [6, 6.07) is 10.9. The lowest BCUT2D eigenvalue weighted by molar-refractivity contribution is -0.384. The largest absolute Gasteiger partial charge is 0.351 e. The predicted octanol–water partition coefficient (Wildman–Crippen LogP) is 2.91. The molecule has 8 heteroatoms. The minimum absolute atomic E-state index is 0.